The quantitative estimate of drug-likeness (QED) is 0.269. The van der Waals surface area contributed by atoms with Crippen LogP contribution in [-0.4, -0.2) is 28.5 Å². The first-order valence-electron chi connectivity index (χ1n) is 12.0. The van der Waals surface area contributed by atoms with E-state index in [0.29, 0.717) is 38.9 Å². The van der Waals surface area contributed by atoms with Crippen LogP contribution >= 0.6 is 31.9 Å². The van der Waals surface area contributed by atoms with Gasteiger partial charge < -0.3 is 5.11 Å². The second-order valence-corrected chi connectivity index (χ2v) is 11.8. The molecule has 0 radical (unpaired) electrons. The number of hydrogen-bond donors (Lipinski definition) is 1. The van der Waals surface area contributed by atoms with Crippen LogP contribution in [0.4, 0.5) is 5.69 Å². The summed E-state index contributed by atoms with van der Waals surface area (Å²) in [6, 6.07) is 12.0. The van der Waals surface area contributed by atoms with Crippen LogP contribution in [0.1, 0.15) is 31.2 Å². The van der Waals surface area contributed by atoms with E-state index in [0.717, 1.165) is 10.0 Å². The summed E-state index contributed by atoms with van der Waals surface area (Å²) < 4.78 is 1.55. The zero-order valence-electron chi connectivity index (χ0n) is 19.7. The molecular formula is C29H21Br2NO5. The van der Waals surface area contributed by atoms with Crippen molar-refractivity contribution in [1.29, 1.82) is 0 Å². The maximum absolute atomic E-state index is 13.9. The fourth-order valence-corrected chi connectivity index (χ4v) is 6.98. The van der Waals surface area contributed by atoms with E-state index in [1.54, 1.807) is 49.4 Å². The average Bonchev–Trinajstić information content (AvgIpc) is 3.13. The van der Waals surface area contributed by atoms with E-state index in [2.05, 4.69) is 31.9 Å². The number of halogens is 2. The van der Waals surface area contributed by atoms with Gasteiger partial charge in [0.15, 0.2) is 11.6 Å². The fraction of sp³-hybridized carbons (Fsp3) is 0.241. The summed E-state index contributed by atoms with van der Waals surface area (Å²) in [5, 5.41) is 10.9. The normalized spacial score (nSPS) is 27.1. The lowest BCUT2D eigenvalue weighted by Crippen LogP contribution is -2.39. The van der Waals surface area contributed by atoms with Crippen LogP contribution in [0.15, 0.2) is 85.9 Å². The molecule has 6 rings (SSSR count). The lowest BCUT2D eigenvalue weighted by atomic mass is 9.59. The number of hydrogen-bond acceptors (Lipinski definition) is 5. The molecule has 6 nitrogen and oxygen atoms in total. The highest BCUT2D eigenvalue weighted by Gasteiger charge is 2.56. The van der Waals surface area contributed by atoms with Gasteiger partial charge in [-0.1, -0.05) is 43.5 Å². The second-order valence-electron chi connectivity index (χ2n) is 9.92. The molecular weight excluding hydrogens is 602 g/mol. The SMILES string of the molecule is CC1=CC(=O)C2=C(C[C@@H]3C(=CC[C@@H]4C(=O)N(c5ccc(Br)cc5)C(=O)[C@@H]43)[C@@H]2c2cc(Br)ccc2O)C1=O. The Morgan fingerprint density at radius 3 is 2.35 bits per heavy atom. The van der Waals surface area contributed by atoms with Crippen molar-refractivity contribution < 1.29 is 24.3 Å². The number of allylic oxidation sites excluding steroid dienone is 6. The Bertz CT molecular complexity index is 1520. The van der Waals surface area contributed by atoms with Crippen LogP contribution in [0.3, 0.4) is 0 Å². The zero-order valence-corrected chi connectivity index (χ0v) is 22.9. The van der Waals surface area contributed by atoms with Gasteiger partial charge in [-0.05, 0) is 74.2 Å². The number of carbonyl (C=O) groups excluding carboxylic acids is 4. The fourth-order valence-electron chi connectivity index (χ4n) is 6.34. The number of phenolic OH excluding ortho intramolecular Hbond substituents is 1. The van der Waals surface area contributed by atoms with E-state index in [4.69, 9.17) is 0 Å². The summed E-state index contributed by atoms with van der Waals surface area (Å²) in [6.45, 7) is 1.62. The van der Waals surface area contributed by atoms with Crippen molar-refractivity contribution in [2.75, 3.05) is 4.90 Å². The van der Waals surface area contributed by atoms with Gasteiger partial charge in [-0.15, -0.1) is 0 Å². The molecule has 4 atom stereocenters. The van der Waals surface area contributed by atoms with E-state index in [1.807, 2.05) is 6.08 Å². The van der Waals surface area contributed by atoms with Crippen molar-refractivity contribution in [1.82, 2.24) is 0 Å². The van der Waals surface area contributed by atoms with Crippen LogP contribution in [0.5, 0.6) is 5.75 Å². The van der Waals surface area contributed by atoms with Crippen LogP contribution in [0.2, 0.25) is 0 Å². The molecule has 186 valence electrons. The number of aromatic hydroxyl groups is 1. The molecule has 4 aliphatic rings. The van der Waals surface area contributed by atoms with Gasteiger partial charge in [-0.2, -0.15) is 0 Å². The molecule has 2 aromatic carbocycles. The zero-order chi connectivity index (χ0) is 26.2. The molecule has 1 fully saturated rings. The van der Waals surface area contributed by atoms with E-state index in [1.165, 1.54) is 11.0 Å². The molecule has 1 aliphatic heterocycles. The molecule has 0 bridgehead atoms. The van der Waals surface area contributed by atoms with Gasteiger partial charge in [0.2, 0.25) is 11.8 Å². The highest BCUT2D eigenvalue weighted by molar-refractivity contribution is 9.10. The van der Waals surface area contributed by atoms with Crippen LogP contribution in [-0.2, 0) is 19.2 Å². The standard InChI is InChI=1S/C29H21Br2NO5/c1-13-10-23(34)26-21(27(13)35)12-19-17(24(26)20-11-15(31)4-9-22(20)33)7-8-18-25(19)29(37)32(28(18)36)16-5-2-14(30)3-6-16/h2-7,9-11,18-19,24-25,33H,8,12H2,1H3/t18-,19+,24+,25-/m0/s1. The number of ketones is 2. The molecule has 3 aliphatic carbocycles. The van der Waals surface area contributed by atoms with Crippen molar-refractivity contribution in [3.8, 4) is 5.75 Å². The Kier molecular flexibility index (Phi) is 5.73. The Balaban J connectivity index is 1.50. The number of amides is 2. The first-order chi connectivity index (χ1) is 17.7. The van der Waals surface area contributed by atoms with Gasteiger partial charge in [0.25, 0.3) is 0 Å². The van der Waals surface area contributed by atoms with Crippen molar-refractivity contribution in [2.24, 2.45) is 17.8 Å². The Labute approximate surface area is 230 Å². The van der Waals surface area contributed by atoms with Crippen molar-refractivity contribution in [2.45, 2.75) is 25.7 Å². The molecule has 2 aromatic rings. The van der Waals surface area contributed by atoms with Gasteiger partial charge in [-0.3, -0.25) is 24.1 Å². The van der Waals surface area contributed by atoms with Crippen molar-refractivity contribution >= 4 is 60.9 Å². The van der Waals surface area contributed by atoms with Gasteiger partial charge in [0.1, 0.15) is 5.75 Å². The van der Waals surface area contributed by atoms with Gasteiger partial charge in [-0.25, -0.2) is 0 Å². The summed E-state index contributed by atoms with van der Waals surface area (Å²) >= 11 is 6.85. The minimum Gasteiger partial charge on any atom is -0.508 e. The number of nitrogens with zero attached hydrogens (tertiary/aromatic N) is 1. The largest absolute Gasteiger partial charge is 0.508 e. The number of rotatable bonds is 2. The van der Waals surface area contributed by atoms with Crippen LogP contribution in [0.25, 0.3) is 0 Å². The van der Waals surface area contributed by atoms with E-state index in [9.17, 15) is 24.3 Å². The summed E-state index contributed by atoms with van der Waals surface area (Å²) in [5.74, 6) is -3.36. The molecule has 8 heteroatoms. The molecule has 37 heavy (non-hydrogen) atoms. The maximum atomic E-state index is 13.9. The van der Waals surface area contributed by atoms with Crippen LogP contribution < -0.4 is 4.90 Å². The Morgan fingerprint density at radius 1 is 0.919 bits per heavy atom. The van der Waals surface area contributed by atoms with E-state index >= 15 is 0 Å². The number of anilines is 1. The molecule has 0 saturated carbocycles. The summed E-state index contributed by atoms with van der Waals surface area (Å²) in [4.78, 5) is 55.2. The lowest BCUT2D eigenvalue weighted by molar-refractivity contribution is -0.123. The third-order valence-electron chi connectivity index (χ3n) is 7.95. The minimum absolute atomic E-state index is 0.000520. The predicted molar refractivity (Wildman–Crippen MR) is 144 cm³/mol. The number of benzene rings is 2. The van der Waals surface area contributed by atoms with E-state index in [-0.39, 0.29) is 35.6 Å². The summed E-state index contributed by atoms with van der Waals surface area (Å²) in [7, 11) is 0. The molecule has 1 N–H and O–H groups in total. The summed E-state index contributed by atoms with van der Waals surface area (Å²) in [5.41, 5.74) is 2.89. The highest BCUT2D eigenvalue weighted by Crippen LogP contribution is 2.56. The average molecular weight is 623 g/mol. The number of carbonyl (C=O) groups is 4. The number of fused-ring (bicyclic) bond motifs is 3. The predicted octanol–water partition coefficient (Wildman–Crippen LogP) is 5.55. The van der Waals surface area contributed by atoms with Crippen molar-refractivity contribution in [3.05, 3.63) is 91.4 Å². The van der Waals surface area contributed by atoms with E-state index < -0.39 is 23.7 Å². The van der Waals surface area contributed by atoms with Crippen molar-refractivity contribution in [3.63, 3.8) is 0 Å². The van der Waals surface area contributed by atoms with Gasteiger partial charge in [0, 0.05) is 37.1 Å². The van der Waals surface area contributed by atoms with Gasteiger partial charge >= 0.3 is 0 Å². The third-order valence-corrected chi connectivity index (χ3v) is 8.97. The molecule has 2 amide bonds. The molecule has 0 spiro atoms. The molecule has 0 unspecified atom stereocenters. The molecule has 1 saturated heterocycles. The minimum atomic E-state index is -0.683. The summed E-state index contributed by atoms with van der Waals surface area (Å²) in [6.07, 6.45) is 3.85. The molecule has 1 heterocycles. The maximum Gasteiger partial charge on any atom is 0.238 e. The smallest absolute Gasteiger partial charge is 0.238 e. The Morgan fingerprint density at radius 2 is 1.62 bits per heavy atom. The second kappa shape index (κ2) is 8.74. The van der Waals surface area contributed by atoms with Gasteiger partial charge in [0.05, 0.1) is 17.5 Å². The Hall–Kier alpha value is -3.10. The highest BCUT2D eigenvalue weighted by atomic mass is 79.9. The number of phenols is 1. The topological polar surface area (TPSA) is 91.8 Å². The number of Topliss-reactive ketones (excluding diaryl/α,β-unsaturated/α-hetero) is 1. The molecule has 0 aromatic heterocycles. The third kappa shape index (κ3) is 3.64. The first kappa shape index (κ1) is 24.2. The lowest BCUT2D eigenvalue weighted by Gasteiger charge is -2.42. The first-order valence-corrected chi connectivity index (χ1v) is 13.6. The monoisotopic (exact) mass is 621 g/mol. The number of imide groups is 1. The van der Waals surface area contributed by atoms with Crippen LogP contribution in [0, 0.1) is 17.8 Å².